The van der Waals surface area contributed by atoms with Gasteiger partial charge in [0.15, 0.2) is 0 Å². The zero-order valence-corrected chi connectivity index (χ0v) is 13.4. The molecule has 1 heteroatoms. The first kappa shape index (κ1) is 12.7. The zero-order valence-electron chi connectivity index (χ0n) is 11.2. The van der Waals surface area contributed by atoms with Gasteiger partial charge in [-0.25, -0.2) is 0 Å². The summed E-state index contributed by atoms with van der Waals surface area (Å²) >= 11 is 2.66. The van der Waals surface area contributed by atoms with E-state index >= 15 is 0 Å². The average molecular weight is 346 g/mol. The Balaban J connectivity index is 1.67. The fraction of sp³-hybridized carbons (Fsp3) is 1.00. The van der Waals surface area contributed by atoms with E-state index in [1.807, 2.05) is 0 Å². The van der Waals surface area contributed by atoms with Crippen molar-refractivity contribution >= 4 is 22.6 Å². The molecule has 0 spiro atoms. The molecule has 0 aromatic rings. The Hall–Kier alpha value is 0.730. The Morgan fingerprint density at radius 1 is 0.824 bits per heavy atom. The van der Waals surface area contributed by atoms with Crippen molar-refractivity contribution in [1.82, 2.24) is 0 Å². The van der Waals surface area contributed by atoms with Gasteiger partial charge in [0.2, 0.25) is 0 Å². The van der Waals surface area contributed by atoms with Crippen LogP contribution in [0.25, 0.3) is 0 Å². The number of halogens is 1. The van der Waals surface area contributed by atoms with Crippen molar-refractivity contribution in [3.05, 3.63) is 0 Å². The second kappa shape index (κ2) is 5.38. The predicted molar refractivity (Wildman–Crippen MR) is 82.5 cm³/mol. The lowest BCUT2D eigenvalue weighted by Crippen LogP contribution is -2.40. The van der Waals surface area contributed by atoms with Crippen molar-refractivity contribution in [3.8, 4) is 0 Å². The van der Waals surface area contributed by atoms with Gasteiger partial charge in [0.1, 0.15) is 0 Å². The molecule has 0 saturated heterocycles. The van der Waals surface area contributed by atoms with Gasteiger partial charge in [-0.15, -0.1) is 0 Å². The highest BCUT2D eigenvalue weighted by Crippen LogP contribution is 2.53. The van der Waals surface area contributed by atoms with Crippen LogP contribution in [0.2, 0.25) is 0 Å². The summed E-state index contributed by atoms with van der Waals surface area (Å²) in [5.74, 6) is 5.58. The normalized spacial score (nSPS) is 48.0. The Bertz CT molecular complexity index is 260. The molecule has 3 fully saturated rings. The molecule has 0 heterocycles. The van der Waals surface area contributed by atoms with Gasteiger partial charge in [-0.05, 0) is 68.1 Å². The van der Waals surface area contributed by atoms with Crippen LogP contribution in [0.3, 0.4) is 0 Å². The second-order valence-electron chi connectivity index (χ2n) is 6.96. The lowest BCUT2D eigenvalue weighted by molar-refractivity contribution is 0.0126. The molecule has 0 aliphatic heterocycles. The summed E-state index contributed by atoms with van der Waals surface area (Å²) < 4.78 is 0.901. The standard InChI is InChI=1S/C16H27I/c1-11(17)13-8-9-16-14(10-13)7-6-12-4-2-3-5-15(12)16/h11-16H,2-10H2,1H3. The Labute approximate surface area is 120 Å². The topological polar surface area (TPSA) is 0 Å². The second-order valence-corrected chi connectivity index (χ2v) is 8.93. The van der Waals surface area contributed by atoms with Crippen molar-refractivity contribution in [2.45, 2.75) is 68.6 Å². The van der Waals surface area contributed by atoms with Gasteiger partial charge in [-0.2, -0.15) is 0 Å². The third-order valence-electron chi connectivity index (χ3n) is 6.16. The Morgan fingerprint density at radius 2 is 1.53 bits per heavy atom. The summed E-state index contributed by atoms with van der Waals surface area (Å²) in [5, 5.41) is 0. The van der Waals surface area contributed by atoms with E-state index in [4.69, 9.17) is 0 Å². The van der Waals surface area contributed by atoms with Crippen LogP contribution >= 0.6 is 22.6 Å². The molecule has 0 nitrogen and oxygen atoms in total. The summed E-state index contributed by atoms with van der Waals surface area (Å²) in [5.41, 5.74) is 0. The summed E-state index contributed by atoms with van der Waals surface area (Å²) in [7, 11) is 0. The van der Waals surface area contributed by atoms with Gasteiger partial charge in [0, 0.05) is 3.92 Å². The molecule has 0 bridgehead atoms. The molecule has 6 atom stereocenters. The van der Waals surface area contributed by atoms with Crippen molar-refractivity contribution in [2.75, 3.05) is 0 Å². The van der Waals surface area contributed by atoms with Crippen LogP contribution in [0.5, 0.6) is 0 Å². The summed E-state index contributed by atoms with van der Waals surface area (Å²) in [6.07, 6.45) is 14.1. The van der Waals surface area contributed by atoms with Gasteiger partial charge >= 0.3 is 0 Å². The number of alkyl halides is 1. The first-order chi connectivity index (χ1) is 8.25. The molecule has 17 heavy (non-hydrogen) atoms. The summed E-state index contributed by atoms with van der Waals surface area (Å²) in [4.78, 5) is 0. The minimum atomic E-state index is 0.901. The highest BCUT2D eigenvalue weighted by molar-refractivity contribution is 14.1. The number of fused-ring (bicyclic) bond motifs is 3. The first-order valence-corrected chi connectivity index (χ1v) is 9.14. The van der Waals surface area contributed by atoms with E-state index in [9.17, 15) is 0 Å². The van der Waals surface area contributed by atoms with Crippen LogP contribution in [0.15, 0.2) is 0 Å². The van der Waals surface area contributed by atoms with Gasteiger partial charge in [0.25, 0.3) is 0 Å². The molecule has 0 N–H and O–H groups in total. The van der Waals surface area contributed by atoms with E-state index < -0.39 is 0 Å². The van der Waals surface area contributed by atoms with Crippen LogP contribution in [-0.2, 0) is 0 Å². The largest absolute Gasteiger partial charge is 0.0826 e. The molecular formula is C16H27I. The fourth-order valence-corrected chi connectivity index (χ4v) is 5.88. The van der Waals surface area contributed by atoms with Crippen LogP contribution in [0.4, 0.5) is 0 Å². The van der Waals surface area contributed by atoms with Gasteiger partial charge in [0.05, 0.1) is 0 Å². The van der Waals surface area contributed by atoms with Crippen LogP contribution in [0.1, 0.15) is 64.7 Å². The number of hydrogen-bond donors (Lipinski definition) is 0. The highest BCUT2D eigenvalue weighted by atomic mass is 127. The highest BCUT2D eigenvalue weighted by Gasteiger charge is 2.43. The van der Waals surface area contributed by atoms with Crippen molar-refractivity contribution < 1.29 is 0 Å². The lowest BCUT2D eigenvalue weighted by atomic mass is 9.56. The third kappa shape index (κ3) is 2.55. The van der Waals surface area contributed by atoms with Crippen LogP contribution in [-0.4, -0.2) is 3.92 Å². The molecule has 3 aliphatic carbocycles. The molecule has 0 aromatic heterocycles. The van der Waals surface area contributed by atoms with Crippen LogP contribution in [0, 0.1) is 29.6 Å². The molecule has 98 valence electrons. The minimum Gasteiger partial charge on any atom is -0.0826 e. The zero-order chi connectivity index (χ0) is 11.8. The predicted octanol–water partition coefficient (Wildman–Crippen LogP) is 5.44. The number of hydrogen-bond acceptors (Lipinski definition) is 0. The minimum absolute atomic E-state index is 0.901. The molecule has 0 aromatic carbocycles. The molecule has 0 radical (unpaired) electrons. The maximum absolute atomic E-state index is 2.66. The Morgan fingerprint density at radius 3 is 2.35 bits per heavy atom. The van der Waals surface area contributed by atoms with Crippen molar-refractivity contribution in [1.29, 1.82) is 0 Å². The maximum Gasteiger partial charge on any atom is 0.0110 e. The molecular weight excluding hydrogens is 319 g/mol. The van der Waals surface area contributed by atoms with E-state index in [1.54, 1.807) is 38.5 Å². The summed E-state index contributed by atoms with van der Waals surface area (Å²) in [6, 6.07) is 0. The van der Waals surface area contributed by atoms with E-state index in [0.29, 0.717) is 0 Å². The van der Waals surface area contributed by atoms with E-state index in [2.05, 4.69) is 29.5 Å². The maximum atomic E-state index is 2.66. The van der Waals surface area contributed by atoms with E-state index in [-0.39, 0.29) is 0 Å². The van der Waals surface area contributed by atoms with Gasteiger partial charge in [-0.1, -0.05) is 48.8 Å². The van der Waals surface area contributed by atoms with Crippen molar-refractivity contribution in [3.63, 3.8) is 0 Å². The van der Waals surface area contributed by atoms with Crippen molar-refractivity contribution in [2.24, 2.45) is 29.6 Å². The number of rotatable bonds is 1. The molecule has 6 unspecified atom stereocenters. The first-order valence-electron chi connectivity index (χ1n) is 7.89. The SMILES string of the molecule is CC(I)C1CCC2C(CCC3CCCCC32)C1. The average Bonchev–Trinajstić information content (AvgIpc) is 2.38. The molecule has 3 aliphatic rings. The lowest BCUT2D eigenvalue weighted by Gasteiger charge is -2.50. The fourth-order valence-electron chi connectivity index (χ4n) is 5.22. The van der Waals surface area contributed by atoms with E-state index in [1.165, 1.54) is 19.3 Å². The third-order valence-corrected chi connectivity index (χ3v) is 7.17. The summed E-state index contributed by atoms with van der Waals surface area (Å²) in [6.45, 7) is 2.43. The van der Waals surface area contributed by atoms with Crippen LogP contribution < -0.4 is 0 Å². The molecule has 3 rings (SSSR count). The quantitative estimate of drug-likeness (QED) is 0.438. The Kier molecular flexibility index (Phi) is 4.04. The van der Waals surface area contributed by atoms with Gasteiger partial charge < -0.3 is 0 Å². The molecule has 0 amide bonds. The molecule has 3 saturated carbocycles. The monoisotopic (exact) mass is 346 g/mol. The van der Waals surface area contributed by atoms with Gasteiger partial charge in [-0.3, -0.25) is 0 Å². The smallest absolute Gasteiger partial charge is 0.0110 e. The van der Waals surface area contributed by atoms with E-state index in [0.717, 1.165) is 33.5 Å².